The van der Waals surface area contributed by atoms with E-state index in [1.54, 1.807) is 0 Å². The van der Waals surface area contributed by atoms with Crippen molar-refractivity contribution in [2.75, 3.05) is 0 Å². The van der Waals surface area contributed by atoms with Gasteiger partial charge in [-0.1, -0.05) is 35.0 Å². The number of hydrogen-bond acceptors (Lipinski definition) is 2. The zero-order valence-electron chi connectivity index (χ0n) is 7.42. The maximum atomic E-state index is 10.2. The van der Waals surface area contributed by atoms with Gasteiger partial charge < -0.3 is 10.2 Å². The molecule has 1 rings (SSSR count). The summed E-state index contributed by atoms with van der Waals surface area (Å²) in [5.41, 5.74) is 0.390. The zero-order valence-corrected chi connectivity index (χ0v) is 8.93. The van der Waals surface area contributed by atoms with Crippen LogP contribution in [0.15, 0.2) is 12.1 Å². The van der Waals surface area contributed by atoms with Crippen molar-refractivity contribution >= 4 is 29.2 Å². The average Bonchev–Trinajstić information content (AvgIpc) is 2.13. The molecule has 78 valence electrons. The van der Waals surface area contributed by atoms with Crippen LogP contribution in [0.4, 0.5) is 0 Å². The highest BCUT2D eigenvalue weighted by Crippen LogP contribution is 2.29. The van der Waals surface area contributed by atoms with Gasteiger partial charge in [-0.05, 0) is 6.07 Å². The molecule has 0 aliphatic rings. The molecule has 0 heterocycles. The fourth-order valence-corrected chi connectivity index (χ4v) is 1.22. The fraction of sp³-hybridized carbons (Fsp3) is 0.100. The Kier molecular flexibility index (Phi) is 3.84. The third-order valence-corrected chi connectivity index (χ3v) is 2.11. The molecule has 0 aromatic heterocycles. The third-order valence-electron chi connectivity index (χ3n) is 1.50. The van der Waals surface area contributed by atoms with Crippen LogP contribution in [0.1, 0.15) is 12.0 Å². The summed E-state index contributed by atoms with van der Waals surface area (Å²) in [5.74, 6) is 3.82. The average molecular weight is 245 g/mol. The molecule has 3 nitrogen and oxygen atoms in total. The smallest absolute Gasteiger partial charge is 0.315 e. The second kappa shape index (κ2) is 4.92. The van der Waals surface area contributed by atoms with Gasteiger partial charge in [0.15, 0.2) is 0 Å². The van der Waals surface area contributed by atoms with E-state index in [4.69, 9.17) is 28.3 Å². The molecule has 0 unspecified atom stereocenters. The highest BCUT2D eigenvalue weighted by molar-refractivity contribution is 6.35. The Morgan fingerprint density at radius 1 is 1.33 bits per heavy atom. The normalized spacial score (nSPS) is 9.20. The lowest BCUT2D eigenvalue weighted by Gasteiger charge is -1.99. The first-order valence-corrected chi connectivity index (χ1v) is 4.65. The number of hydrogen-bond donors (Lipinski definition) is 2. The quantitative estimate of drug-likeness (QED) is 0.747. The molecule has 0 aliphatic heterocycles. The topological polar surface area (TPSA) is 57.5 Å². The van der Waals surface area contributed by atoms with Crippen LogP contribution < -0.4 is 0 Å². The Hall–Kier alpha value is -1.37. The first-order chi connectivity index (χ1) is 7.00. The Morgan fingerprint density at radius 2 is 2.00 bits per heavy atom. The second-order valence-electron chi connectivity index (χ2n) is 2.66. The number of carboxylic acid groups (broad SMARTS) is 1. The molecule has 0 fully saturated rings. The fourth-order valence-electron chi connectivity index (χ4n) is 0.847. The van der Waals surface area contributed by atoms with E-state index in [2.05, 4.69) is 11.8 Å². The summed E-state index contributed by atoms with van der Waals surface area (Å²) in [6.07, 6.45) is -0.269. The summed E-state index contributed by atoms with van der Waals surface area (Å²) in [4.78, 5) is 10.2. The van der Waals surface area contributed by atoms with Gasteiger partial charge >= 0.3 is 5.97 Å². The van der Waals surface area contributed by atoms with Crippen LogP contribution in [-0.2, 0) is 4.79 Å². The van der Waals surface area contributed by atoms with Gasteiger partial charge in [-0.15, -0.1) is 0 Å². The molecule has 2 N–H and O–H groups in total. The number of carboxylic acids is 1. The van der Waals surface area contributed by atoms with E-state index in [9.17, 15) is 9.90 Å². The highest BCUT2D eigenvalue weighted by atomic mass is 35.5. The molecule has 0 saturated carbocycles. The molecule has 0 aliphatic carbocycles. The van der Waals surface area contributed by atoms with Crippen molar-refractivity contribution in [1.82, 2.24) is 0 Å². The van der Waals surface area contributed by atoms with Gasteiger partial charge in [0.2, 0.25) is 0 Å². The van der Waals surface area contributed by atoms with Crippen molar-refractivity contribution in [2.45, 2.75) is 6.42 Å². The molecule has 5 heteroatoms. The minimum atomic E-state index is -1.01. The van der Waals surface area contributed by atoms with Crippen molar-refractivity contribution in [3.8, 4) is 17.6 Å². The standard InChI is InChI=1S/C10H6Cl2O3/c11-7-5-9(13)8(12)4-6(7)2-1-3-10(14)15/h4-5,13H,3H2,(H,14,15). The minimum Gasteiger partial charge on any atom is -0.506 e. The number of carbonyl (C=O) groups is 1. The number of phenolic OH excluding ortho intramolecular Hbond substituents is 1. The van der Waals surface area contributed by atoms with Gasteiger partial charge in [-0.3, -0.25) is 4.79 Å². The monoisotopic (exact) mass is 244 g/mol. The molecule has 0 amide bonds. The zero-order chi connectivity index (χ0) is 11.4. The maximum absolute atomic E-state index is 10.2. The molecular weight excluding hydrogens is 239 g/mol. The summed E-state index contributed by atoms with van der Waals surface area (Å²) < 4.78 is 0. The lowest BCUT2D eigenvalue weighted by Crippen LogP contribution is -1.90. The molecule has 15 heavy (non-hydrogen) atoms. The number of phenols is 1. The van der Waals surface area contributed by atoms with Crippen LogP contribution >= 0.6 is 23.2 Å². The number of aliphatic carboxylic acids is 1. The number of halogens is 2. The number of benzene rings is 1. The summed E-state index contributed by atoms with van der Waals surface area (Å²) >= 11 is 11.4. The van der Waals surface area contributed by atoms with Crippen molar-refractivity contribution in [2.24, 2.45) is 0 Å². The van der Waals surface area contributed by atoms with E-state index in [0.717, 1.165) is 0 Å². The maximum Gasteiger partial charge on any atom is 0.315 e. The first kappa shape index (κ1) is 11.7. The third kappa shape index (κ3) is 3.35. The lowest BCUT2D eigenvalue weighted by molar-refractivity contribution is -0.135. The molecule has 0 bridgehead atoms. The molecule has 0 spiro atoms. The van der Waals surface area contributed by atoms with Gasteiger partial charge in [0, 0.05) is 11.6 Å². The largest absolute Gasteiger partial charge is 0.506 e. The molecule has 0 atom stereocenters. The van der Waals surface area contributed by atoms with Crippen molar-refractivity contribution in [3.05, 3.63) is 27.7 Å². The van der Waals surface area contributed by atoms with Gasteiger partial charge in [0.05, 0.1) is 10.0 Å². The summed E-state index contributed by atoms with van der Waals surface area (Å²) in [7, 11) is 0. The molecule has 0 saturated heterocycles. The van der Waals surface area contributed by atoms with E-state index >= 15 is 0 Å². The Morgan fingerprint density at radius 3 is 2.60 bits per heavy atom. The molecular formula is C10H6Cl2O3. The highest BCUT2D eigenvalue weighted by Gasteiger charge is 2.04. The van der Waals surface area contributed by atoms with E-state index in [1.165, 1.54) is 12.1 Å². The van der Waals surface area contributed by atoms with Crippen LogP contribution in [0.2, 0.25) is 10.0 Å². The lowest BCUT2D eigenvalue weighted by atomic mass is 10.2. The minimum absolute atomic E-state index is 0.124. The Bertz CT molecular complexity index is 458. The van der Waals surface area contributed by atoms with Gasteiger partial charge in [-0.25, -0.2) is 0 Å². The van der Waals surface area contributed by atoms with E-state index < -0.39 is 5.97 Å². The van der Waals surface area contributed by atoms with Crippen molar-refractivity contribution in [3.63, 3.8) is 0 Å². The summed E-state index contributed by atoms with van der Waals surface area (Å²) in [6, 6.07) is 2.64. The molecule has 1 aromatic carbocycles. The van der Waals surface area contributed by atoms with Crippen LogP contribution in [-0.4, -0.2) is 16.2 Å². The van der Waals surface area contributed by atoms with Crippen LogP contribution in [0.3, 0.4) is 0 Å². The first-order valence-electron chi connectivity index (χ1n) is 3.89. The van der Waals surface area contributed by atoms with Crippen LogP contribution in [0.5, 0.6) is 5.75 Å². The van der Waals surface area contributed by atoms with Gasteiger partial charge in [0.1, 0.15) is 12.2 Å². The van der Waals surface area contributed by atoms with Gasteiger partial charge in [-0.2, -0.15) is 0 Å². The van der Waals surface area contributed by atoms with Crippen molar-refractivity contribution in [1.29, 1.82) is 0 Å². The predicted molar refractivity (Wildman–Crippen MR) is 57.3 cm³/mol. The van der Waals surface area contributed by atoms with Gasteiger partial charge in [0.25, 0.3) is 0 Å². The second-order valence-corrected chi connectivity index (χ2v) is 3.47. The summed E-state index contributed by atoms with van der Waals surface area (Å²) in [5, 5.41) is 17.9. The SMILES string of the molecule is O=C(O)CC#Cc1cc(Cl)c(O)cc1Cl. The number of aromatic hydroxyl groups is 1. The summed E-state index contributed by atoms with van der Waals surface area (Å²) in [6.45, 7) is 0. The predicted octanol–water partition coefficient (Wildman–Crippen LogP) is 2.53. The Labute approximate surface area is 96.2 Å². The number of rotatable bonds is 1. The Balaban J connectivity index is 2.98. The van der Waals surface area contributed by atoms with E-state index in [1.807, 2.05) is 0 Å². The van der Waals surface area contributed by atoms with Crippen LogP contribution in [0.25, 0.3) is 0 Å². The van der Waals surface area contributed by atoms with Crippen LogP contribution in [0, 0.1) is 11.8 Å². The molecule has 1 aromatic rings. The molecule has 0 radical (unpaired) electrons. The van der Waals surface area contributed by atoms with Crippen molar-refractivity contribution < 1.29 is 15.0 Å². The van der Waals surface area contributed by atoms with E-state index in [0.29, 0.717) is 5.56 Å². The van der Waals surface area contributed by atoms with E-state index in [-0.39, 0.29) is 22.2 Å².